The van der Waals surface area contributed by atoms with Crippen molar-refractivity contribution in [2.75, 3.05) is 30.8 Å². The van der Waals surface area contributed by atoms with Gasteiger partial charge in [-0.1, -0.05) is 23.9 Å². The minimum atomic E-state index is 0.539. The van der Waals surface area contributed by atoms with Crippen molar-refractivity contribution < 1.29 is 4.74 Å². The van der Waals surface area contributed by atoms with E-state index in [1.807, 2.05) is 24.3 Å². The quantitative estimate of drug-likeness (QED) is 0.394. The second-order valence-corrected chi connectivity index (χ2v) is 10.3. The first-order valence-corrected chi connectivity index (χ1v) is 12.9. The summed E-state index contributed by atoms with van der Waals surface area (Å²) in [7, 11) is 1.69. The molecule has 1 aliphatic rings. The number of para-hydroxylation sites is 2. The second-order valence-electron chi connectivity index (χ2n) is 8.11. The van der Waals surface area contributed by atoms with Crippen LogP contribution in [0.2, 0.25) is 0 Å². The standard InChI is InChI=1S/C23H27N7OS2/c1-14-15(2)33-21-19(14)20(24)25-18(26-21)13-32-23-28-27-22(29-11-7-4-8-12-29)30(23)16-9-5-6-10-17(16)31-3/h5-6,9-10H,4,7-8,11-13H2,1-3H3,(H2,24,25,26). The van der Waals surface area contributed by atoms with Crippen molar-refractivity contribution in [3.63, 3.8) is 0 Å². The lowest BCUT2D eigenvalue weighted by molar-refractivity contribution is 0.412. The third kappa shape index (κ3) is 4.13. The summed E-state index contributed by atoms with van der Waals surface area (Å²) in [5, 5.41) is 10.9. The first kappa shape index (κ1) is 22.0. The molecule has 172 valence electrons. The van der Waals surface area contributed by atoms with Crippen LogP contribution in [0.5, 0.6) is 5.75 Å². The molecule has 1 aliphatic heterocycles. The molecule has 0 spiro atoms. The van der Waals surface area contributed by atoms with Crippen LogP contribution in [0.15, 0.2) is 29.4 Å². The number of rotatable bonds is 6. The van der Waals surface area contributed by atoms with Crippen LogP contribution in [0.1, 0.15) is 35.5 Å². The summed E-state index contributed by atoms with van der Waals surface area (Å²) in [6, 6.07) is 7.98. The lowest BCUT2D eigenvalue weighted by Gasteiger charge is -2.28. The van der Waals surface area contributed by atoms with Crippen LogP contribution in [-0.2, 0) is 5.75 Å². The summed E-state index contributed by atoms with van der Waals surface area (Å²) < 4.78 is 7.76. The molecule has 0 amide bonds. The smallest absolute Gasteiger partial charge is 0.232 e. The van der Waals surface area contributed by atoms with Crippen molar-refractivity contribution in [3.05, 3.63) is 40.5 Å². The van der Waals surface area contributed by atoms with Gasteiger partial charge in [-0.25, -0.2) is 9.97 Å². The summed E-state index contributed by atoms with van der Waals surface area (Å²) in [5.41, 5.74) is 8.38. The molecule has 0 atom stereocenters. The first-order valence-electron chi connectivity index (χ1n) is 11.1. The van der Waals surface area contributed by atoms with E-state index in [-0.39, 0.29) is 0 Å². The fraction of sp³-hybridized carbons (Fsp3) is 0.391. The zero-order chi connectivity index (χ0) is 22.9. The number of ether oxygens (including phenoxy) is 1. The van der Waals surface area contributed by atoms with Crippen molar-refractivity contribution >= 4 is 45.1 Å². The van der Waals surface area contributed by atoms with Crippen LogP contribution in [0, 0.1) is 13.8 Å². The molecule has 3 aromatic heterocycles. The van der Waals surface area contributed by atoms with Crippen LogP contribution < -0.4 is 15.4 Å². The molecule has 0 aliphatic carbocycles. The number of nitrogens with zero attached hydrogens (tertiary/aromatic N) is 6. The number of hydrogen-bond donors (Lipinski definition) is 1. The molecule has 2 N–H and O–H groups in total. The van der Waals surface area contributed by atoms with E-state index in [0.717, 1.165) is 64.3 Å². The number of piperidine rings is 1. The Labute approximate surface area is 201 Å². The molecule has 4 heterocycles. The topological polar surface area (TPSA) is 95.0 Å². The zero-order valence-corrected chi connectivity index (χ0v) is 20.7. The number of fused-ring (bicyclic) bond motifs is 1. The molecule has 8 nitrogen and oxygen atoms in total. The van der Waals surface area contributed by atoms with Gasteiger partial charge in [0, 0.05) is 18.0 Å². The molecular weight excluding hydrogens is 454 g/mol. The van der Waals surface area contributed by atoms with E-state index >= 15 is 0 Å². The molecule has 1 saturated heterocycles. The average Bonchev–Trinajstić information content (AvgIpc) is 3.38. The van der Waals surface area contributed by atoms with Gasteiger partial charge < -0.3 is 15.4 Å². The maximum atomic E-state index is 6.29. The van der Waals surface area contributed by atoms with Gasteiger partial charge in [-0.05, 0) is 50.8 Å². The van der Waals surface area contributed by atoms with Crippen LogP contribution in [0.25, 0.3) is 15.9 Å². The molecule has 4 aromatic rings. The van der Waals surface area contributed by atoms with Crippen molar-refractivity contribution in [2.24, 2.45) is 0 Å². The number of methoxy groups -OCH3 is 1. The third-order valence-electron chi connectivity index (χ3n) is 6.01. The highest BCUT2D eigenvalue weighted by Gasteiger charge is 2.24. The Morgan fingerprint density at radius 3 is 2.67 bits per heavy atom. The largest absolute Gasteiger partial charge is 0.495 e. The molecule has 0 unspecified atom stereocenters. The Morgan fingerprint density at radius 1 is 1.09 bits per heavy atom. The van der Waals surface area contributed by atoms with Gasteiger partial charge in [0.2, 0.25) is 5.95 Å². The normalized spacial score (nSPS) is 14.2. The van der Waals surface area contributed by atoms with E-state index in [9.17, 15) is 0 Å². The molecular formula is C23H27N7OS2. The van der Waals surface area contributed by atoms with Gasteiger partial charge in [0.1, 0.15) is 22.2 Å². The molecule has 0 bridgehead atoms. The molecule has 0 radical (unpaired) electrons. The van der Waals surface area contributed by atoms with Gasteiger partial charge in [0.15, 0.2) is 5.16 Å². The number of anilines is 2. The Kier molecular flexibility index (Phi) is 6.11. The second kappa shape index (κ2) is 9.18. The van der Waals surface area contributed by atoms with E-state index in [1.165, 1.54) is 11.3 Å². The van der Waals surface area contributed by atoms with Gasteiger partial charge in [-0.15, -0.1) is 21.5 Å². The van der Waals surface area contributed by atoms with Crippen molar-refractivity contribution in [2.45, 2.75) is 44.0 Å². The number of thiophene rings is 1. The summed E-state index contributed by atoms with van der Waals surface area (Å²) in [6.45, 7) is 6.12. The van der Waals surface area contributed by atoms with Crippen LogP contribution in [0.3, 0.4) is 0 Å². The van der Waals surface area contributed by atoms with E-state index in [2.05, 4.69) is 38.5 Å². The van der Waals surface area contributed by atoms with Gasteiger partial charge >= 0.3 is 0 Å². The number of nitrogen functional groups attached to an aromatic ring is 1. The van der Waals surface area contributed by atoms with E-state index in [4.69, 9.17) is 15.5 Å². The molecule has 5 rings (SSSR count). The molecule has 0 saturated carbocycles. The summed E-state index contributed by atoms with van der Waals surface area (Å²) in [4.78, 5) is 13.8. The molecule has 33 heavy (non-hydrogen) atoms. The Balaban J connectivity index is 1.50. The highest BCUT2D eigenvalue weighted by molar-refractivity contribution is 7.98. The van der Waals surface area contributed by atoms with Crippen LogP contribution >= 0.6 is 23.1 Å². The van der Waals surface area contributed by atoms with E-state index in [0.29, 0.717) is 17.4 Å². The highest BCUT2D eigenvalue weighted by Crippen LogP contribution is 2.35. The van der Waals surface area contributed by atoms with Gasteiger partial charge in [0.25, 0.3) is 0 Å². The number of aromatic nitrogens is 5. The molecule has 1 fully saturated rings. The zero-order valence-electron chi connectivity index (χ0n) is 19.0. The van der Waals surface area contributed by atoms with Crippen molar-refractivity contribution in [1.29, 1.82) is 0 Å². The lowest BCUT2D eigenvalue weighted by Crippen LogP contribution is -2.31. The fourth-order valence-corrected chi connectivity index (χ4v) is 6.05. The Hall–Kier alpha value is -2.85. The SMILES string of the molecule is COc1ccccc1-n1c(SCc2nc(N)c3c(C)c(C)sc3n2)nnc1N1CCCCC1. The van der Waals surface area contributed by atoms with E-state index < -0.39 is 0 Å². The Morgan fingerprint density at radius 2 is 1.88 bits per heavy atom. The minimum absolute atomic E-state index is 0.539. The third-order valence-corrected chi connectivity index (χ3v) is 8.04. The van der Waals surface area contributed by atoms with Crippen molar-refractivity contribution in [1.82, 2.24) is 24.7 Å². The summed E-state index contributed by atoms with van der Waals surface area (Å²) in [6.07, 6.45) is 3.58. The minimum Gasteiger partial charge on any atom is -0.495 e. The van der Waals surface area contributed by atoms with Crippen LogP contribution in [0.4, 0.5) is 11.8 Å². The highest BCUT2D eigenvalue weighted by atomic mass is 32.2. The summed E-state index contributed by atoms with van der Waals surface area (Å²) in [5.74, 6) is 3.41. The van der Waals surface area contributed by atoms with Crippen molar-refractivity contribution in [3.8, 4) is 11.4 Å². The number of hydrogen-bond acceptors (Lipinski definition) is 9. The number of aryl methyl sites for hydroxylation is 2. The van der Waals surface area contributed by atoms with Gasteiger partial charge in [-0.2, -0.15) is 0 Å². The number of nitrogens with two attached hydrogens (primary N) is 1. The predicted octanol–water partition coefficient (Wildman–Crippen LogP) is 4.76. The number of thioether (sulfide) groups is 1. The Bertz CT molecular complexity index is 1290. The summed E-state index contributed by atoms with van der Waals surface area (Å²) >= 11 is 3.22. The predicted molar refractivity (Wildman–Crippen MR) is 135 cm³/mol. The lowest BCUT2D eigenvalue weighted by atomic mass is 10.1. The average molecular weight is 482 g/mol. The van der Waals surface area contributed by atoms with E-state index in [1.54, 1.807) is 30.2 Å². The van der Waals surface area contributed by atoms with Gasteiger partial charge in [0.05, 0.1) is 23.9 Å². The number of benzene rings is 1. The maximum absolute atomic E-state index is 6.29. The molecule has 1 aromatic carbocycles. The molecule has 10 heteroatoms. The van der Waals surface area contributed by atoms with Crippen LogP contribution in [-0.4, -0.2) is 44.9 Å². The monoisotopic (exact) mass is 481 g/mol. The van der Waals surface area contributed by atoms with Gasteiger partial charge in [-0.3, -0.25) is 4.57 Å². The maximum Gasteiger partial charge on any atom is 0.232 e. The fourth-order valence-electron chi connectivity index (χ4n) is 4.20. The first-order chi connectivity index (χ1) is 16.1.